The van der Waals surface area contributed by atoms with Crippen molar-refractivity contribution in [2.45, 2.75) is 37.4 Å². The van der Waals surface area contributed by atoms with Gasteiger partial charge in [0.05, 0.1) is 5.60 Å². The highest BCUT2D eigenvalue weighted by molar-refractivity contribution is 5.27. The maximum Gasteiger partial charge on any atom is 0.119 e. The molecule has 0 spiro atoms. The summed E-state index contributed by atoms with van der Waals surface area (Å²) in [5.74, 6) is 0.882. The molecule has 0 bridgehead atoms. The molecular weight excluding hydrogens is 306 g/mol. The van der Waals surface area contributed by atoms with Gasteiger partial charge in [-0.25, -0.2) is 0 Å². The number of likely N-dealkylation sites (tertiary alicyclic amines) is 1. The van der Waals surface area contributed by atoms with Crippen LogP contribution in [0.1, 0.15) is 24.8 Å². The number of ether oxygens (including phenoxy) is 3. The number of rotatable bonds is 6. The fraction of sp³-hybridized carbons (Fsp3) is 0.684. The van der Waals surface area contributed by atoms with Crippen LogP contribution in [0.2, 0.25) is 0 Å². The van der Waals surface area contributed by atoms with Crippen molar-refractivity contribution in [3.8, 4) is 5.75 Å². The van der Waals surface area contributed by atoms with Gasteiger partial charge in [-0.15, -0.1) is 0 Å². The van der Waals surface area contributed by atoms with Crippen LogP contribution >= 0.6 is 0 Å². The molecule has 134 valence electrons. The Hall–Kier alpha value is -1.14. The quantitative estimate of drug-likeness (QED) is 0.862. The summed E-state index contributed by atoms with van der Waals surface area (Å²) in [5, 5.41) is 10.7. The van der Waals surface area contributed by atoms with Gasteiger partial charge in [0.1, 0.15) is 18.0 Å². The second kappa shape index (κ2) is 7.40. The monoisotopic (exact) mass is 335 g/mol. The number of aliphatic hydroxyl groups is 1. The molecule has 0 saturated carbocycles. The van der Waals surface area contributed by atoms with Crippen LogP contribution < -0.4 is 4.74 Å². The molecule has 3 rings (SSSR count). The zero-order valence-electron chi connectivity index (χ0n) is 14.8. The second-order valence-electron chi connectivity index (χ2n) is 7.29. The Morgan fingerprint density at radius 2 is 2.04 bits per heavy atom. The number of aryl methyl sites for hydroxylation is 1. The smallest absolute Gasteiger partial charge is 0.119 e. The van der Waals surface area contributed by atoms with E-state index in [0.717, 1.165) is 25.3 Å². The zero-order chi connectivity index (χ0) is 17.0. The van der Waals surface area contributed by atoms with Crippen molar-refractivity contribution in [1.29, 1.82) is 0 Å². The molecule has 0 radical (unpaired) electrons. The first kappa shape index (κ1) is 17.7. The minimum Gasteiger partial charge on any atom is -0.491 e. The van der Waals surface area contributed by atoms with Gasteiger partial charge in [0.2, 0.25) is 0 Å². The molecule has 5 nitrogen and oxygen atoms in total. The van der Waals surface area contributed by atoms with Gasteiger partial charge in [-0.2, -0.15) is 0 Å². The molecule has 0 aromatic heterocycles. The number of β-amino-alcohol motifs (C(OH)–C–C–N with tert-alkyl or cyclic N) is 1. The first-order valence-corrected chi connectivity index (χ1v) is 8.80. The van der Waals surface area contributed by atoms with Crippen molar-refractivity contribution in [2.24, 2.45) is 0 Å². The second-order valence-corrected chi connectivity index (χ2v) is 7.29. The van der Waals surface area contributed by atoms with E-state index < -0.39 is 5.60 Å². The van der Waals surface area contributed by atoms with Crippen LogP contribution in [0.5, 0.6) is 5.75 Å². The van der Waals surface area contributed by atoms with Crippen LogP contribution in [0.4, 0.5) is 0 Å². The predicted octanol–water partition coefficient (Wildman–Crippen LogP) is 2.01. The lowest BCUT2D eigenvalue weighted by molar-refractivity contribution is -0.0837. The SMILES string of the molecule is CO[C@]1(COc2cccc(C)c2)CCN(CC2(O)CCOCC2)C1. The molecular formula is C19H29NO4. The number of hydrogen-bond acceptors (Lipinski definition) is 5. The van der Waals surface area contributed by atoms with Gasteiger partial charge in [-0.05, 0) is 31.0 Å². The lowest BCUT2D eigenvalue weighted by atomic mass is 9.94. The van der Waals surface area contributed by atoms with Gasteiger partial charge < -0.3 is 19.3 Å². The normalized spacial score (nSPS) is 27.3. The van der Waals surface area contributed by atoms with Crippen LogP contribution in [0.25, 0.3) is 0 Å². The van der Waals surface area contributed by atoms with Gasteiger partial charge >= 0.3 is 0 Å². The zero-order valence-corrected chi connectivity index (χ0v) is 14.8. The lowest BCUT2D eigenvalue weighted by Gasteiger charge is -2.36. The Labute approximate surface area is 144 Å². The van der Waals surface area contributed by atoms with Gasteiger partial charge in [0.15, 0.2) is 0 Å². The fourth-order valence-corrected chi connectivity index (χ4v) is 3.65. The van der Waals surface area contributed by atoms with Crippen molar-refractivity contribution in [3.05, 3.63) is 29.8 Å². The standard InChI is InChI=1S/C19H29NO4/c1-16-4-3-5-17(12-16)24-15-19(22-2)6-9-20(14-19)13-18(21)7-10-23-11-8-18/h3-5,12,21H,6-11,13-15H2,1-2H3/t19-/m1/s1. The van der Waals surface area contributed by atoms with E-state index in [2.05, 4.69) is 17.9 Å². The molecule has 2 saturated heterocycles. The fourth-order valence-electron chi connectivity index (χ4n) is 3.65. The van der Waals surface area contributed by atoms with Gasteiger partial charge in [-0.3, -0.25) is 4.90 Å². The Kier molecular flexibility index (Phi) is 5.45. The molecule has 5 heteroatoms. The summed E-state index contributed by atoms with van der Waals surface area (Å²) in [7, 11) is 1.76. The van der Waals surface area contributed by atoms with Crippen LogP contribution in [0.3, 0.4) is 0 Å². The maximum absolute atomic E-state index is 10.7. The third-order valence-corrected chi connectivity index (χ3v) is 5.26. The average molecular weight is 335 g/mol. The Morgan fingerprint density at radius 3 is 2.75 bits per heavy atom. The van der Waals surface area contributed by atoms with Crippen molar-refractivity contribution in [1.82, 2.24) is 4.90 Å². The third kappa shape index (κ3) is 4.28. The van der Waals surface area contributed by atoms with Gasteiger partial charge in [0.25, 0.3) is 0 Å². The molecule has 1 aromatic carbocycles. The highest BCUT2D eigenvalue weighted by atomic mass is 16.5. The summed E-state index contributed by atoms with van der Waals surface area (Å²) in [4.78, 5) is 2.30. The summed E-state index contributed by atoms with van der Waals surface area (Å²) in [5.41, 5.74) is 0.263. The Balaban J connectivity index is 1.56. The molecule has 1 atom stereocenters. The third-order valence-electron chi connectivity index (χ3n) is 5.26. The first-order chi connectivity index (χ1) is 11.5. The molecule has 2 aliphatic rings. The van der Waals surface area contributed by atoms with Crippen LogP contribution in [0, 0.1) is 6.92 Å². The van der Waals surface area contributed by atoms with E-state index in [0.29, 0.717) is 39.2 Å². The molecule has 2 heterocycles. The number of hydrogen-bond donors (Lipinski definition) is 1. The van der Waals surface area contributed by atoms with E-state index >= 15 is 0 Å². The molecule has 1 N–H and O–H groups in total. The van der Waals surface area contributed by atoms with Crippen molar-refractivity contribution < 1.29 is 19.3 Å². The number of benzene rings is 1. The Morgan fingerprint density at radius 1 is 1.25 bits per heavy atom. The van der Waals surface area contributed by atoms with E-state index in [1.165, 1.54) is 5.56 Å². The number of methoxy groups -OCH3 is 1. The molecule has 2 aliphatic heterocycles. The van der Waals surface area contributed by atoms with E-state index in [1.807, 2.05) is 18.2 Å². The van der Waals surface area contributed by atoms with Crippen molar-refractivity contribution in [3.63, 3.8) is 0 Å². The van der Waals surface area contributed by atoms with E-state index in [9.17, 15) is 5.11 Å². The topological polar surface area (TPSA) is 51.2 Å². The largest absolute Gasteiger partial charge is 0.491 e. The number of nitrogens with zero attached hydrogens (tertiary/aromatic N) is 1. The van der Waals surface area contributed by atoms with Gasteiger partial charge in [0, 0.05) is 52.8 Å². The minimum absolute atomic E-state index is 0.300. The molecule has 0 unspecified atom stereocenters. The van der Waals surface area contributed by atoms with Crippen LogP contribution in [-0.2, 0) is 9.47 Å². The maximum atomic E-state index is 10.7. The van der Waals surface area contributed by atoms with E-state index in [4.69, 9.17) is 14.2 Å². The molecule has 0 amide bonds. The van der Waals surface area contributed by atoms with Crippen molar-refractivity contribution in [2.75, 3.05) is 46.6 Å². The summed E-state index contributed by atoms with van der Waals surface area (Å²) in [6, 6.07) is 8.09. The summed E-state index contributed by atoms with van der Waals surface area (Å²) in [6.07, 6.45) is 2.34. The summed E-state index contributed by atoms with van der Waals surface area (Å²) in [6.45, 7) is 6.29. The predicted molar refractivity (Wildman–Crippen MR) is 92.5 cm³/mol. The molecule has 1 aromatic rings. The van der Waals surface area contributed by atoms with E-state index in [-0.39, 0.29) is 5.60 Å². The average Bonchev–Trinajstić information content (AvgIpc) is 2.97. The first-order valence-electron chi connectivity index (χ1n) is 8.80. The Bertz CT molecular complexity index is 544. The van der Waals surface area contributed by atoms with Gasteiger partial charge in [-0.1, -0.05) is 12.1 Å². The minimum atomic E-state index is -0.626. The molecule has 24 heavy (non-hydrogen) atoms. The molecule has 0 aliphatic carbocycles. The van der Waals surface area contributed by atoms with Crippen LogP contribution in [-0.4, -0.2) is 67.8 Å². The van der Waals surface area contributed by atoms with E-state index in [1.54, 1.807) is 7.11 Å². The van der Waals surface area contributed by atoms with Crippen molar-refractivity contribution >= 4 is 0 Å². The summed E-state index contributed by atoms with van der Waals surface area (Å²) < 4.78 is 17.2. The molecule has 2 fully saturated rings. The summed E-state index contributed by atoms with van der Waals surface area (Å²) >= 11 is 0. The van der Waals surface area contributed by atoms with Crippen LogP contribution in [0.15, 0.2) is 24.3 Å². The lowest BCUT2D eigenvalue weighted by Crippen LogP contribution is -2.48. The highest BCUT2D eigenvalue weighted by Crippen LogP contribution is 2.30. The highest BCUT2D eigenvalue weighted by Gasteiger charge is 2.42.